The second-order valence-corrected chi connectivity index (χ2v) is 5.00. The predicted molar refractivity (Wildman–Crippen MR) is 76.5 cm³/mol. The molecule has 1 fully saturated rings. The lowest BCUT2D eigenvalue weighted by atomic mass is 10.1. The summed E-state index contributed by atoms with van der Waals surface area (Å²) in [5.74, 6) is -0.0721. The van der Waals surface area contributed by atoms with Crippen LogP contribution < -0.4 is 15.4 Å². The molecule has 0 aromatic heterocycles. The average molecular weight is 276 g/mol. The second kappa shape index (κ2) is 6.41. The highest BCUT2D eigenvalue weighted by atomic mass is 16.5. The van der Waals surface area contributed by atoms with Gasteiger partial charge in [-0.25, -0.2) is 0 Å². The van der Waals surface area contributed by atoms with Gasteiger partial charge in [0.05, 0.1) is 12.5 Å². The molecule has 2 amide bonds. The highest BCUT2D eigenvalue weighted by Crippen LogP contribution is 2.26. The zero-order valence-corrected chi connectivity index (χ0v) is 11.7. The van der Waals surface area contributed by atoms with Crippen LogP contribution in [-0.4, -0.2) is 25.0 Å². The molecule has 0 saturated carbocycles. The van der Waals surface area contributed by atoms with E-state index in [0.717, 1.165) is 24.3 Å². The highest BCUT2D eigenvalue weighted by molar-refractivity contribution is 6.00. The molecule has 0 radical (unpaired) electrons. The fraction of sp³-hybridized carbons (Fsp3) is 0.467. The summed E-state index contributed by atoms with van der Waals surface area (Å²) in [4.78, 5) is 24.6. The van der Waals surface area contributed by atoms with Gasteiger partial charge in [-0.1, -0.05) is 13.3 Å². The number of carbonyl (C=O) groups is 2. The molecule has 5 heteroatoms. The van der Waals surface area contributed by atoms with Gasteiger partial charge in [-0.2, -0.15) is 0 Å². The quantitative estimate of drug-likeness (QED) is 0.804. The van der Waals surface area contributed by atoms with Crippen LogP contribution in [0.1, 0.15) is 26.2 Å². The first-order valence-corrected chi connectivity index (χ1v) is 6.94. The zero-order chi connectivity index (χ0) is 14.5. The van der Waals surface area contributed by atoms with Crippen molar-refractivity contribution in [1.82, 2.24) is 0 Å². The molecular formula is C15H20N2O3. The molecule has 0 unspecified atom stereocenters. The van der Waals surface area contributed by atoms with Crippen molar-refractivity contribution in [2.24, 2.45) is 11.7 Å². The van der Waals surface area contributed by atoms with Crippen molar-refractivity contribution in [1.29, 1.82) is 0 Å². The van der Waals surface area contributed by atoms with Crippen LogP contribution in [0.4, 0.5) is 5.69 Å². The van der Waals surface area contributed by atoms with Gasteiger partial charge >= 0.3 is 0 Å². The van der Waals surface area contributed by atoms with Gasteiger partial charge in [-0.15, -0.1) is 0 Å². The number of amides is 2. The first kappa shape index (κ1) is 14.4. The minimum absolute atomic E-state index is 0.0616. The van der Waals surface area contributed by atoms with Gasteiger partial charge in [0.1, 0.15) is 5.75 Å². The smallest absolute Gasteiger partial charge is 0.227 e. The van der Waals surface area contributed by atoms with Crippen molar-refractivity contribution in [3.05, 3.63) is 24.3 Å². The lowest BCUT2D eigenvalue weighted by molar-refractivity contribution is -0.123. The summed E-state index contributed by atoms with van der Waals surface area (Å²) in [6, 6.07) is 7.36. The Kier molecular flexibility index (Phi) is 4.61. The zero-order valence-electron chi connectivity index (χ0n) is 11.7. The average Bonchev–Trinajstić information content (AvgIpc) is 2.82. The van der Waals surface area contributed by atoms with Crippen LogP contribution in [0.3, 0.4) is 0 Å². The van der Waals surface area contributed by atoms with Crippen LogP contribution in [0, 0.1) is 5.92 Å². The summed E-state index contributed by atoms with van der Waals surface area (Å²) in [6.07, 6.45) is 2.31. The van der Waals surface area contributed by atoms with Crippen LogP contribution in [0.25, 0.3) is 0 Å². The van der Waals surface area contributed by atoms with Crippen LogP contribution in [0.5, 0.6) is 5.75 Å². The summed E-state index contributed by atoms with van der Waals surface area (Å²) in [5.41, 5.74) is 6.03. The van der Waals surface area contributed by atoms with E-state index in [1.54, 1.807) is 4.90 Å². The van der Waals surface area contributed by atoms with Crippen molar-refractivity contribution < 1.29 is 14.3 Å². The molecule has 2 N–H and O–H groups in total. The number of benzene rings is 1. The van der Waals surface area contributed by atoms with Crippen molar-refractivity contribution in [2.75, 3.05) is 18.1 Å². The Morgan fingerprint density at radius 1 is 1.40 bits per heavy atom. The van der Waals surface area contributed by atoms with E-state index >= 15 is 0 Å². The van der Waals surface area contributed by atoms with Gasteiger partial charge in [0, 0.05) is 18.7 Å². The maximum Gasteiger partial charge on any atom is 0.227 e. The molecule has 1 atom stereocenters. The Bertz CT molecular complexity index is 484. The highest BCUT2D eigenvalue weighted by Gasteiger charge is 2.33. The van der Waals surface area contributed by atoms with E-state index in [4.69, 9.17) is 10.5 Å². The van der Waals surface area contributed by atoms with E-state index < -0.39 is 5.91 Å². The van der Waals surface area contributed by atoms with E-state index in [1.165, 1.54) is 0 Å². The van der Waals surface area contributed by atoms with E-state index in [2.05, 4.69) is 6.92 Å². The monoisotopic (exact) mass is 276 g/mol. The Morgan fingerprint density at radius 3 is 2.65 bits per heavy atom. The molecule has 1 aliphatic rings. The molecule has 20 heavy (non-hydrogen) atoms. The number of hydrogen-bond acceptors (Lipinski definition) is 3. The number of ether oxygens (including phenoxy) is 1. The molecule has 2 rings (SSSR count). The van der Waals surface area contributed by atoms with Gasteiger partial charge in [-0.3, -0.25) is 9.59 Å². The van der Waals surface area contributed by atoms with Gasteiger partial charge in [0.2, 0.25) is 11.8 Å². The fourth-order valence-electron chi connectivity index (χ4n) is 2.20. The minimum Gasteiger partial charge on any atom is -0.494 e. The summed E-state index contributed by atoms with van der Waals surface area (Å²) in [5, 5.41) is 0. The Balaban J connectivity index is 1.99. The lowest BCUT2D eigenvalue weighted by Gasteiger charge is -2.16. The molecule has 0 spiro atoms. The molecule has 1 aliphatic heterocycles. The minimum atomic E-state index is -0.416. The third-order valence-corrected chi connectivity index (χ3v) is 3.44. The van der Waals surface area contributed by atoms with Crippen LogP contribution in [0.2, 0.25) is 0 Å². The molecule has 1 aromatic carbocycles. The normalized spacial score (nSPS) is 18.4. The maximum absolute atomic E-state index is 11.9. The fourth-order valence-corrected chi connectivity index (χ4v) is 2.20. The number of unbranched alkanes of at least 4 members (excludes halogenated alkanes) is 1. The number of rotatable bonds is 6. The van der Waals surface area contributed by atoms with Crippen molar-refractivity contribution >= 4 is 17.5 Å². The van der Waals surface area contributed by atoms with Gasteiger partial charge in [0.25, 0.3) is 0 Å². The molecule has 1 saturated heterocycles. The molecule has 1 aromatic rings. The number of primary amides is 1. The molecule has 108 valence electrons. The van der Waals surface area contributed by atoms with Crippen molar-refractivity contribution in [2.45, 2.75) is 26.2 Å². The number of nitrogens with two attached hydrogens (primary N) is 1. The molecule has 5 nitrogen and oxygen atoms in total. The van der Waals surface area contributed by atoms with E-state index in [1.807, 2.05) is 24.3 Å². The van der Waals surface area contributed by atoms with E-state index in [-0.39, 0.29) is 18.2 Å². The topological polar surface area (TPSA) is 72.6 Å². The van der Waals surface area contributed by atoms with Crippen LogP contribution in [-0.2, 0) is 9.59 Å². The number of anilines is 1. The first-order chi connectivity index (χ1) is 9.61. The Morgan fingerprint density at radius 2 is 2.10 bits per heavy atom. The van der Waals surface area contributed by atoms with E-state index in [0.29, 0.717) is 13.2 Å². The Hall–Kier alpha value is -2.04. The SMILES string of the molecule is CCCCOc1ccc(N2C[C@@H](C(N)=O)CC2=O)cc1. The molecule has 0 bridgehead atoms. The largest absolute Gasteiger partial charge is 0.494 e. The van der Waals surface area contributed by atoms with Crippen LogP contribution >= 0.6 is 0 Å². The third-order valence-electron chi connectivity index (χ3n) is 3.44. The summed E-state index contributed by atoms with van der Waals surface area (Å²) in [7, 11) is 0. The van der Waals surface area contributed by atoms with Crippen LogP contribution in [0.15, 0.2) is 24.3 Å². The molecule has 1 heterocycles. The predicted octanol–water partition coefficient (Wildman–Crippen LogP) is 1.70. The van der Waals surface area contributed by atoms with Gasteiger partial charge < -0.3 is 15.4 Å². The van der Waals surface area contributed by atoms with Crippen molar-refractivity contribution in [3.63, 3.8) is 0 Å². The van der Waals surface area contributed by atoms with Gasteiger partial charge in [0.15, 0.2) is 0 Å². The third kappa shape index (κ3) is 3.29. The number of hydrogen-bond donors (Lipinski definition) is 1. The molecule has 0 aliphatic carbocycles. The number of nitrogens with zero attached hydrogens (tertiary/aromatic N) is 1. The number of carbonyl (C=O) groups excluding carboxylic acids is 2. The van der Waals surface area contributed by atoms with Crippen molar-refractivity contribution in [3.8, 4) is 5.75 Å². The summed E-state index contributed by atoms with van der Waals surface area (Å²) >= 11 is 0. The standard InChI is InChI=1S/C15H20N2O3/c1-2-3-8-20-13-6-4-12(5-7-13)17-10-11(15(16)19)9-14(17)18/h4-7,11H,2-3,8-10H2,1H3,(H2,16,19)/t11-/m0/s1. The maximum atomic E-state index is 11.9. The van der Waals surface area contributed by atoms with E-state index in [9.17, 15) is 9.59 Å². The lowest BCUT2D eigenvalue weighted by Crippen LogP contribution is -2.28. The first-order valence-electron chi connectivity index (χ1n) is 6.94. The summed E-state index contributed by atoms with van der Waals surface area (Å²) < 4.78 is 5.57. The van der Waals surface area contributed by atoms with Gasteiger partial charge in [-0.05, 0) is 30.7 Å². The molecular weight excluding hydrogens is 256 g/mol. The second-order valence-electron chi connectivity index (χ2n) is 5.00. The Labute approximate surface area is 118 Å². The summed E-state index contributed by atoms with van der Waals surface area (Å²) in [6.45, 7) is 3.17.